The maximum Gasteiger partial charge on any atom is 0.573 e. The van der Waals surface area contributed by atoms with Crippen LogP contribution >= 0.6 is 0 Å². The van der Waals surface area contributed by atoms with Gasteiger partial charge in [0.1, 0.15) is 12.3 Å². The molecule has 23 heavy (non-hydrogen) atoms. The van der Waals surface area contributed by atoms with E-state index in [9.17, 15) is 22.8 Å². The monoisotopic (exact) mass is 333 g/mol. The Bertz CT molecular complexity index is 541. The van der Waals surface area contributed by atoms with Gasteiger partial charge in [-0.3, -0.25) is 9.59 Å². The number of carbonyl (C=O) groups excluding carboxylic acids is 2. The second-order valence-corrected chi connectivity index (χ2v) is 5.06. The summed E-state index contributed by atoms with van der Waals surface area (Å²) >= 11 is 0. The van der Waals surface area contributed by atoms with Crippen molar-refractivity contribution in [2.75, 3.05) is 13.7 Å². The highest BCUT2D eigenvalue weighted by molar-refractivity contribution is 5.83. The molecule has 8 heteroatoms. The molecule has 0 atom stereocenters. The van der Waals surface area contributed by atoms with Crippen LogP contribution in [-0.4, -0.2) is 42.8 Å². The molecule has 0 bridgehead atoms. The number of esters is 1. The molecule has 0 saturated carbocycles. The first-order chi connectivity index (χ1) is 10.6. The van der Waals surface area contributed by atoms with Crippen LogP contribution in [0.1, 0.15) is 19.4 Å². The molecule has 0 fully saturated rings. The summed E-state index contributed by atoms with van der Waals surface area (Å²) in [5.74, 6) is -1.22. The van der Waals surface area contributed by atoms with E-state index >= 15 is 0 Å². The molecule has 0 heterocycles. The van der Waals surface area contributed by atoms with Crippen LogP contribution in [0, 0.1) is 0 Å². The van der Waals surface area contributed by atoms with Crippen LogP contribution < -0.4 is 4.74 Å². The highest BCUT2D eigenvalue weighted by Gasteiger charge is 2.31. The number of amides is 1. The molecule has 0 aliphatic carbocycles. The Kier molecular flexibility index (Phi) is 6.41. The number of ether oxygens (including phenoxy) is 2. The number of rotatable bonds is 6. The highest BCUT2D eigenvalue weighted by Crippen LogP contribution is 2.23. The fraction of sp³-hybridized carbons (Fsp3) is 0.467. The fourth-order valence-corrected chi connectivity index (χ4v) is 1.85. The maximum absolute atomic E-state index is 12.2. The van der Waals surface area contributed by atoms with Crippen LogP contribution in [0.25, 0.3) is 0 Å². The van der Waals surface area contributed by atoms with E-state index in [0.29, 0.717) is 5.56 Å². The average Bonchev–Trinajstić information content (AvgIpc) is 2.44. The van der Waals surface area contributed by atoms with Crippen molar-refractivity contribution in [1.82, 2.24) is 4.90 Å². The number of halogens is 3. The van der Waals surface area contributed by atoms with E-state index in [4.69, 9.17) is 0 Å². The molecule has 1 aromatic carbocycles. The molecule has 1 amide bonds. The van der Waals surface area contributed by atoms with Crippen LogP contribution in [0.5, 0.6) is 5.75 Å². The van der Waals surface area contributed by atoms with Gasteiger partial charge in [0.05, 0.1) is 13.5 Å². The lowest BCUT2D eigenvalue weighted by Crippen LogP contribution is -2.41. The Morgan fingerprint density at radius 2 is 1.74 bits per heavy atom. The smallest absolute Gasteiger partial charge is 0.468 e. The predicted octanol–water partition coefficient (Wildman–Crippen LogP) is 2.54. The number of carbonyl (C=O) groups is 2. The van der Waals surface area contributed by atoms with Gasteiger partial charge in [-0.25, -0.2) is 0 Å². The van der Waals surface area contributed by atoms with Crippen LogP contribution in [0.2, 0.25) is 0 Å². The quantitative estimate of drug-likeness (QED) is 0.751. The number of nitrogens with zero attached hydrogens (tertiary/aromatic N) is 1. The molecule has 0 spiro atoms. The van der Waals surface area contributed by atoms with Gasteiger partial charge in [0, 0.05) is 6.04 Å². The lowest BCUT2D eigenvalue weighted by molar-refractivity contribution is -0.274. The van der Waals surface area contributed by atoms with E-state index in [2.05, 4.69) is 9.47 Å². The largest absolute Gasteiger partial charge is 0.573 e. The Morgan fingerprint density at radius 3 is 2.17 bits per heavy atom. The predicted molar refractivity (Wildman–Crippen MR) is 75.7 cm³/mol. The third kappa shape index (κ3) is 6.58. The van der Waals surface area contributed by atoms with Crippen molar-refractivity contribution in [2.45, 2.75) is 32.7 Å². The summed E-state index contributed by atoms with van der Waals surface area (Å²) in [6, 6.07) is 4.80. The van der Waals surface area contributed by atoms with Crippen LogP contribution in [0.3, 0.4) is 0 Å². The molecular formula is C15H18F3NO4. The third-order valence-electron chi connectivity index (χ3n) is 2.98. The SMILES string of the molecule is COC(=O)CN(C(=O)Cc1ccc(OC(F)(F)F)cc1)C(C)C. The van der Waals surface area contributed by atoms with Gasteiger partial charge in [0.25, 0.3) is 0 Å². The standard InChI is InChI=1S/C15H18F3NO4/c1-10(2)19(9-14(21)22-3)13(20)8-11-4-6-12(7-5-11)23-15(16,17)18/h4-7,10H,8-9H2,1-3H3. The second kappa shape index (κ2) is 7.85. The van der Waals surface area contributed by atoms with Crippen LogP contribution in [0.15, 0.2) is 24.3 Å². The molecule has 0 unspecified atom stereocenters. The van der Waals surface area contributed by atoms with E-state index < -0.39 is 12.3 Å². The number of methoxy groups -OCH3 is 1. The number of hydrogen-bond donors (Lipinski definition) is 0. The summed E-state index contributed by atoms with van der Waals surface area (Å²) in [5.41, 5.74) is 0.514. The molecule has 5 nitrogen and oxygen atoms in total. The molecule has 0 N–H and O–H groups in total. The molecule has 0 aliphatic rings. The number of alkyl halides is 3. The fourth-order valence-electron chi connectivity index (χ4n) is 1.85. The summed E-state index contributed by atoms with van der Waals surface area (Å²) in [7, 11) is 1.23. The average molecular weight is 333 g/mol. The van der Waals surface area contributed by atoms with Crippen molar-refractivity contribution in [3.63, 3.8) is 0 Å². The van der Waals surface area contributed by atoms with Gasteiger partial charge in [-0.15, -0.1) is 13.2 Å². The van der Waals surface area contributed by atoms with Gasteiger partial charge in [0.15, 0.2) is 0 Å². The Balaban J connectivity index is 2.73. The van der Waals surface area contributed by atoms with Crippen molar-refractivity contribution in [3.05, 3.63) is 29.8 Å². The minimum absolute atomic E-state index is 0.0402. The van der Waals surface area contributed by atoms with Crippen LogP contribution in [-0.2, 0) is 20.7 Å². The molecular weight excluding hydrogens is 315 g/mol. The number of hydrogen-bond acceptors (Lipinski definition) is 4. The molecule has 1 rings (SSSR count). The van der Waals surface area contributed by atoms with E-state index in [1.165, 1.54) is 24.1 Å². The Hall–Kier alpha value is -2.25. The Morgan fingerprint density at radius 1 is 1.17 bits per heavy atom. The van der Waals surface area contributed by atoms with Crippen molar-refractivity contribution >= 4 is 11.9 Å². The van der Waals surface area contributed by atoms with Gasteiger partial charge in [-0.1, -0.05) is 12.1 Å². The minimum Gasteiger partial charge on any atom is -0.468 e. The first-order valence-electron chi connectivity index (χ1n) is 6.83. The summed E-state index contributed by atoms with van der Waals surface area (Å²) in [6.45, 7) is 3.32. The van der Waals surface area contributed by atoms with Crippen LogP contribution in [0.4, 0.5) is 13.2 Å². The minimum atomic E-state index is -4.76. The maximum atomic E-state index is 12.2. The van der Waals surface area contributed by atoms with E-state index in [0.717, 1.165) is 12.1 Å². The summed E-state index contributed by atoms with van der Waals surface area (Å²) in [4.78, 5) is 24.9. The zero-order chi connectivity index (χ0) is 17.6. The molecule has 0 saturated heterocycles. The van der Waals surface area contributed by atoms with Gasteiger partial charge >= 0.3 is 12.3 Å². The van der Waals surface area contributed by atoms with Gasteiger partial charge < -0.3 is 14.4 Å². The zero-order valence-corrected chi connectivity index (χ0v) is 13.0. The van der Waals surface area contributed by atoms with Crippen molar-refractivity contribution in [2.24, 2.45) is 0 Å². The Labute approximate surface area is 132 Å². The second-order valence-electron chi connectivity index (χ2n) is 5.06. The van der Waals surface area contributed by atoms with E-state index in [1.807, 2.05) is 0 Å². The van der Waals surface area contributed by atoms with Crippen molar-refractivity contribution in [1.29, 1.82) is 0 Å². The first kappa shape index (κ1) is 18.8. The summed E-state index contributed by atoms with van der Waals surface area (Å²) in [5, 5.41) is 0. The summed E-state index contributed by atoms with van der Waals surface area (Å²) in [6.07, 6.45) is -4.80. The zero-order valence-electron chi connectivity index (χ0n) is 13.0. The third-order valence-corrected chi connectivity index (χ3v) is 2.98. The number of benzene rings is 1. The molecule has 1 aromatic rings. The first-order valence-corrected chi connectivity index (χ1v) is 6.83. The van der Waals surface area contributed by atoms with Gasteiger partial charge in [0.2, 0.25) is 5.91 Å². The molecule has 0 aromatic heterocycles. The van der Waals surface area contributed by atoms with E-state index in [-0.39, 0.29) is 30.7 Å². The van der Waals surface area contributed by atoms with Gasteiger partial charge in [-0.2, -0.15) is 0 Å². The highest BCUT2D eigenvalue weighted by atomic mass is 19.4. The van der Waals surface area contributed by atoms with E-state index in [1.54, 1.807) is 13.8 Å². The molecule has 128 valence electrons. The lowest BCUT2D eigenvalue weighted by Gasteiger charge is -2.25. The lowest BCUT2D eigenvalue weighted by atomic mass is 10.1. The van der Waals surface area contributed by atoms with Crippen molar-refractivity contribution < 1.29 is 32.2 Å². The normalized spacial score (nSPS) is 11.3. The molecule has 0 aliphatic heterocycles. The molecule has 0 radical (unpaired) electrons. The topological polar surface area (TPSA) is 55.8 Å². The summed E-state index contributed by atoms with van der Waals surface area (Å²) < 4.78 is 44.5. The van der Waals surface area contributed by atoms with Crippen molar-refractivity contribution in [3.8, 4) is 5.75 Å². The van der Waals surface area contributed by atoms with Gasteiger partial charge in [-0.05, 0) is 31.5 Å².